The summed E-state index contributed by atoms with van der Waals surface area (Å²) in [6, 6.07) is 5.36. The molecule has 106 valence electrons. The van der Waals surface area contributed by atoms with E-state index in [2.05, 4.69) is 10.3 Å². The molecule has 1 aromatic carbocycles. The van der Waals surface area contributed by atoms with Crippen LogP contribution < -0.4 is 5.32 Å². The van der Waals surface area contributed by atoms with Gasteiger partial charge in [0.25, 0.3) is 0 Å². The number of nitrogens with one attached hydrogen (secondary N) is 1. The second-order valence-electron chi connectivity index (χ2n) is 4.97. The quantitative estimate of drug-likeness (QED) is 0.862. The number of aromatic nitrogens is 2. The number of rotatable bonds is 1. The first kappa shape index (κ1) is 13.0. The molecule has 0 aliphatic carbocycles. The number of hydrogen-bond acceptors (Lipinski definition) is 2. The van der Waals surface area contributed by atoms with Crippen LogP contribution in [0.15, 0.2) is 30.5 Å². The molecular formula is C14H14F3N3. The number of fused-ring (bicyclic) bond motifs is 1. The lowest BCUT2D eigenvalue weighted by Gasteiger charge is -2.27. The van der Waals surface area contributed by atoms with E-state index in [4.69, 9.17) is 0 Å². The van der Waals surface area contributed by atoms with E-state index >= 15 is 0 Å². The fraction of sp³-hybridized carbons (Fsp3) is 0.357. The topological polar surface area (TPSA) is 29.9 Å². The van der Waals surface area contributed by atoms with Crippen LogP contribution in [0.2, 0.25) is 0 Å². The summed E-state index contributed by atoms with van der Waals surface area (Å²) in [5.74, 6) is 0.635. The molecule has 3 rings (SSSR count). The molecule has 20 heavy (non-hydrogen) atoms. The van der Waals surface area contributed by atoms with Crippen LogP contribution in [0.3, 0.4) is 0 Å². The Bertz CT molecular complexity index is 631. The molecule has 0 spiro atoms. The number of nitrogens with zero attached hydrogens (tertiary/aromatic N) is 2. The molecular weight excluding hydrogens is 267 g/mol. The summed E-state index contributed by atoms with van der Waals surface area (Å²) in [7, 11) is 0. The molecule has 0 fully saturated rings. The van der Waals surface area contributed by atoms with E-state index in [0.717, 1.165) is 11.8 Å². The average Bonchev–Trinajstić information content (AvgIpc) is 2.76. The van der Waals surface area contributed by atoms with Gasteiger partial charge in [-0.3, -0.25) is 0 Å². The van der Waals surface area contributed by atoms with Gasteiger partial charge in [0.2, 0.25) is 5.95 Å². The van der Waals surface area contributed by atoms with Crippen LogP contribution in [0.5, 0.6) is 0 Å². The number of hydrogen-bond donors (Lipinski definition) is 1. The highest BCUT2D eigenvalue weighted by Gasteiger charge is 2.35. The maximum absolute atomic E-state index is 13.1. The summed E-state index contributed by atoms with van der Waals surface area (Å²) in [4.78, 5) is 4.29. The van der Waals surface area contributed by atoms with Gasteiger partial charge < -0.3 is 9.88 Å². The van der Waals surface area contributed by atoms with Crippen LogP contribution in [-0.2, 0) is 12.7 Å². The first-order chi connectivity index (χ1) is 9.45. The second kappa shape index (κ2) is 4.54. The van der Waals surface area contributed by atoms with Gasteiger partial charge in [-0.1, -0.05) is 18.2 Å². The van der Waals surface area contributed by atoms with Crippen molar-refractivity contribution in [3.8, 4) is 0 Å². The Morgan fingerprint density at radius 3 is 2.80 bits per heavy atom. The van der Waals surface area contributed by atoms with Gasteiger partial charge in [0, 0.05) is 12.7 Å². The summed E-state index contributed by atoms with van der Waals surface area (Å²) in [5.41, 5.74) is 0.568. The Balaban J connectivity index is 1.96. The summed E-state index contributed by atoms with van der Waals surface area (Å²) in [6.45, 7) is 2.53. The lowest BCUT2D eigenvalue weighted by molar-refractivity contribution is -0.138. The largest absolute Gasteiger partial charge is 0.416 e. The molecule has 6 heteroatoms. The van der Waals surface area contributed by atoms with Gasteiger partial charge in [-0.15, -0.1) is 0 Å². The van der Waals surface area contributed by atoms with Crippen molar-refractivity contribution in [3.05, 3.63) is 47.3 Å². The zero-order valence-electron chi connectivity index (χ0n) is 10.9. The van der Waals surface area contributed by atoms with Crippen molar-refractivity contribution >= 4 is 5.95 Å². The molecule has 1 aliphatic heterocycles. The van der Waals surface area contributed by atoms with Gasteiger partial charge in [0.15, 0.2) is 0 Å². The predicted octanol–water partition coefficient (Wildman–Crippen LogP) is 3.77. The monoisotopic (exact) mass is 281 g/mol. The molecule has 2 heterocycles. The number of halogens is 3. The molecule has 1 aliphatic rings. The molecule has 0 saturated heterocycles. The third kappa shape index (κ3) is 2.26. The normalized spacial score (nSPS) is 18.5. The van der Waals surface area contributed by atoms with Gasteiger partial charge >= 0.3 is 6.18 Å². The smallest absolute Gasteiger partial charge is 0.349 e. The lowest BCUT2D eigenvalue weighted by atomic mass is 9.97. The number of aryl methyl sites for hydroxylation is 2. The van der Waals surface area contributed by atoms with E-state index in [1.54, 1.807) is 6.07 Å². The molecule has 1 aromatic heterocycles. The van der Waals surface area contributed by atoms with Gasteiger partial charge in [-0.05, 0) is 25.0 Å². The maximum atomic E-state index is 13.1. The van der Waals surface area contributed by atoms with Gasteiger partial charge in [0.1, 0.15) is 0 Å². The van der Waals surface area contributed by atoms with Crippen molar-refractivity contribution in [2.75, 3.05) is 5.32 Å². The van der Waals surface area contributed by atoms with E-state index in [-0.39, 0.29) is 11.6 Å². The SMILES string of the molecule is Cc1cn2c(n1)NC(c1ccccc1C(F)(F)F)CC2. The first-order valence-corrected chi connectivity index (χ1v) is 6.41. The zero-order chi connectivity index (χ0) is 14.3. The van der Waals surface area contributed by atoms with Crippen molar-refractivity contribution in [1.82, 2.24) is 9.55 Å². The highest BCUT2D eigenvalue weighted by Crippen LogP contribution is 2.37. The van der Waals surface area contributed by atoms with Crippen LogP contribution in [0.1, 0.15) is 29.3 Å². The summed E-state index contributed by atoms with van der Waals surface area (Å²) in [5, 5.41) is 3.10. The van der Waals surface area contributed by atoms with E-state index < -0.39 is 11.7 Å². The third-order valence-corrected chi connectivity index (χ3v) is 3.50. The molecule has 2 aromatic rings. The summed E-state index contributed by atoms with van der Waals surface area (Å²) < 4.78 is 41.1. The van der Waals surface area contributed by atoms with E-state index in [1.807, 2.05) is 17.7 Å². The van der Waals surface area contributed by atoms with Crippen molar-refractivity contribution in [3.63, 3.8) is 0 Å². The number of alkyl halides is 3. The summed E-state index contributed by atoms with van der Waals surface area (Å²) in [6.07, 6.45) is -1.83. The molecule has 1 atom stereocenters. The van der Waals surface area contributed by atoms with E-state index in [1.165, 1.54) is 12.1 Å². The van der Waals surface area contributed by atoms with Crippen LogP contribution in [0, 0.1) is 6.92 Å². The van der Waals surface area contributed by atoms with E-state index in [9.17, 15) is 13.2 Å². The minimum absolute atomic E-state index is 0.284. The molecule has 3 nitrogen and oxygen atoms in total. The Kier molecular flexibility index (Phi) is 2.96. The highest BCUT2D eigenvalue weighted by atomic mass is 19.4. The minimum Gasteiger partial charge on any atom is -0.349 e. The number of imidazole rings is 1. The minimum atomic E-state index is -4.33. The van der Waals surface area contributed by atoms with Crippen molar-refractivity contribution in [2.24, 2.45) is 0 Å². The fourth-order valence-electron chi connectivity index (χ4n) is 2.62. The number of anilines is 1. The van der Waals surface area contributed by atoms with Crippen LogP contribution in [-0.4, -0.2) is 9.55 Å². The van der Waals surface area contributed by atoms with Crippen molar-refractivity contribution in [2.45, 2.75) is 32.1 Å². The van der Waals surface area contributed by atoms with Crippen LogP contribution >= 0.6 is 0 Å². The Labute approximate surface area is 114 Å². The molecule has 1 unspecified atom stereocenters. The second-order valence-corrected chi connectivity index (χ2v) is 4.97. The first-order valence-electron chi connectivity index (χ1n) is 6.41. The van der Waals surface area contributed by atoms with E-state index in [0.29, 0.717) is 18.9 Å². The predicted molar refractivity (Wildman–Crippen MR) is 69.4 cm³/mol. The Morgan fingerprint density at radius 1 is 1.30 bits per heavy atom. The third-order valence-electron chi connectivity index (χ3n) is 3.50. The number of benzene rings is 1. The van der Waals surface area contributed by atoms with Crippen molar-refractivity contribution in [1.29, 1.82) is 0 Å². The highest BCUT2D eigenvalue weighted by molar-refractivity contribution is 5.41. The standard InChI is InChI=1S/C14H14F3N3/c1-9-8-20-7-6-12(19-13(20)18-9)10-4-2-3-5-11(10)14(15,16)17/h2-5,8,12H,6-7H2,1H3,(H,18,19). The molecule has 1 N–H and O–H groups in total. The van der Waals surface area contributed by atoms with Gasteiger partial charge in [-0.2, -0.15) is 13.2 Å². The summed E-state index contributed by atoms with van der Waals surface area (Å²) >= 11 is 0. The maximum Gasteiger partial charge on any atom is 0.416 e. The Hall–Kier alpha value is -1.98. The van der Waals surface area contributed by atoms with Crippen LogP contribution in [0.4, 0.5) is 19.1 Å². The van der Waals surface area contributed by atoms with Gasteiger partial charge in [-0.25, -0.2) is 4.98 Å². The molecule has 0 amide bonds. The lowest BCUT2D eigenvalue weighted by Crippen LogP contribution is -2.24. The molecule has 0 radical (unpaired) electrons. The Morgan fingerprint density at radius 2 is 2.05 bits per heavy atom. The van der Waals surface area contributed by atoms with Crippen molar-refractivity contribution < 1.29 is 13.2 Å². The fourth-order valence-corrected chi connectivity index (χ4v) is 2.62. The average molecular weight is 281 g/mol. The molecule has 0 saturated carbocycles. The van der Waals surface area contributed by atoms with Crippen LogP contribution in [0.25, 0.3) is 0 Å². The molecule has 0 bridgehead atoms. The van der Waals surface area contributed by atoms with Gasteiger partial charge in [0.05, 0.1) is 17.3 Å². The zero-order valence-corrected chi connectivity index (χ0v) is 10.9.